The summed E-state index contributed by atoms with van der Waals surface area (Å²) in [6.07, 6.45) is 3.06. The van der Waals surface area contributed by atoms with Crippen molar-refractivity contribution in [2.24, 2.45) is 5.92 Å². The molecular formula is C27H37ClN2O5S2. The van der Waals surface area contributed by atoms with Crippen molar-refractivity contribution in [1.82, 2.24) is 10.2 Å². The average molecular weight is 569 g/mol. The average Bonchev–Trinajstić information content (AvgIpc) is 3.16. The first-order valence-corrected chi connectivity index (χ1v) is 14.3. The Morgan fingerprint density at radius 1 is 1.24 bits per heavy atom. The van der Waals surface area contributed by atoms with Crippen LogP contribution in [0.4, 0.5) is 4.79 Å². The SMILES string of the molecule is CC(C)C(NC(=O)OC(C)(C)C)C(=O)O[C@H](/C=C/CCCl)CC(=O)N1C(=S)SC[C@H]1Cc1ccccc1. The van der Waals surface area contributed by atoms with E-state index in [0.29, 0.717) is 28.8 Å². The maximum Gasteiger partial charge on any atom is 0.408 e. The van der Waals surface area contributed by atoms with Crippen LogP contribution in [0.5, 0.6) is 0 Å². The predicted molar refractivity (Wildman–Crippen MR) is 153 cm³/mol. The van der Waals surface area contributed by atoms with E-state index in [9.17, 15) is 14.4 Å². The number of alkyl carbamates (subject to hydrolysis) is 1. The fraction of sp³-hybridized carbons (Fsp3) is 0.556. The molecule has 1 fully saturated rings. The Bertz CT molecular complexity index is 965. The van der Waals surface area contributed by atoms with Gasteiger partial charge in [-0.3, -0.25) is 9.69 Å². The van der Waals surface area contributed by atoms with Gasteiger partial charge in [-0.15, -0.1) is 11.6 Å². The molecule has 0 bridgehead atoms. The number of carbonyl (C=O) groups is 3. The number of amides is 2. The Morgan fingerprint density at radius 2 is 1.92 bits per heavy atom. The maximum atomic E-state index is 13.4. The van der Waals surface area contributed by atoms with E-state index >= 15 is 0 Å². The topological polar surface area (TPSA) is 84.9 Å². The number of benzene rings is 1. The summed E-state index contributed by atoms with van der Waals surface area (Å²) in [6.45, 7) is 8.81. The number of hydrogen-bond donors (Lipinski definition) is 1. The molecule has 0 aliphatic carbocycles. The highest BCUT2D eigenvalue weighted by molar-refractivity contribution is 8.23. The molecule has 1 N–H and O–H groups in total. The van der Waals surface area contributed by atoms with Crippen molar-refractivity contribution in [2.45, 2.75) is 77.7 Å². The lowest BCUT2D eigenvalue weighted by atomic mass is 10.0. The summed E-state index contributed by atoms with van der Waals surface area (Å²) in [5, 5.41) is 2.59. The second-order valence-electron chi connectivity index (χ2n) is 10.1. The van der Waals surface area contributed by atoms with Crippen molar-refractivity contribution in [3.63, 3.8) is 0 Å². The van der Waals surface area contributed by atoms with Gasteiger partial charge in [-0.25, -0.2) is 9.59 Å². The molecule has 0 aromatic heterocycles. The third-order valence-corrected chi connectivity index (χ3v) is 7.17. The molecular weight excluding hydrogens is 532 g/mol. The number of esters is 1. The lowest BCUT2D eigenvalue weighted by Gasteiger charge is -2.27. The smallest absolute Gasteiger partial charge is 0.408 e. The van der Waals surface area contributed by atoms with Crippen LogP contribution in [0.1, 0.15) is 53.0 Å². The van der Waals surface area contributed by atoms with E-state index in [1.807, 2.05) is 30.3 Å². The zero-order chi connectivity index (χ0) is 27.6. The molecule has 37 heavy (non-hydrogen) atoms. The van der Waals surface area contributed by atoms with E-state index < -0.39 is 29.8 Å². The van der Waals surface area contributed by atoms with Crippen LogP contribution in [0.15, 0.2) is 42.5 Å². The van der Waals surface area contributed by atoms with Crippen LogP contribution in [0, 0.1) is 5.92 Å². The fourth-order valence-electron chi connectivity index (χ4n) is 3.69. The Morgan fingerprint density at radius 3 is 2.51 bits per heavy atom. The minimum Gasteiger partial charge on any atom is -0.456 e. The van der Waals surface area contributed by atoms with Crippen molar-refractivity contribution in [3.8, 4) is 0 Å². The van der Waals surface area contributed by atoms with Crippen LogP contribution in [-0.2, 0) is 25.5 Å². The molecule has 204 valence electrons. The van der Waals surface area contributed by atoms with Gasteiger partial charge in [0.15, 0.2) is 0 Å². The number of nitrogens with zero attached hydrogens (tertiary/aromatic N) is 1. The van der Waals surface area contributed by atoms with Crippen LogP contribution in [-0.4, -0.2) is 62.6 Å². The highest BCUT2D eigenvalue weighted by Crippen LogP contribution is 2.28. The molecule has 1 unspecified atom stereocenters. The van der Waals surface area contributed by atoms with Gasteiger partial charge in [-0.1, -0.05) is 74.2 Å². The first-order valence-electron chi connectivity index (χ1n) is 12.4. The van der Waals surface area contributed by atoms with Gasteiger partial charge >= 0.3 is 12.1 Å². The number of nitrogens with one attached hydrogen (secondary N) is 1. The molecule has 1 aromatic rings. The minimum atomic E-state index is -0.942. The first kappa shape index (κ1) is 31.1. The summed E-state index contributed by atoms with van der Waals surface area (Å²) in [5.74, 6) is -0.0208. The second kappa shape index (κ2) is 14.7. The van der Waals surface area contributed by atoms with E-state index in [1.54, 1.807) is 51.7 Å². The van der Waals surface area contributed by atoms with E-state index in [1.165, 1.54) is 11.8 Å². The third-order valence-electron chi connectivity index (χ3n) is 5.41. The zero-order valence-electron chi connectivity index (χ0n) is 22.1. The Hall–Kier alpha value is -2.10. The van der Waals surface area contributed by atoms with Crippen molar-refractivity contribution < 1.29 is 23.9 Å². The Balaban J connectivity index is 2.13. The molecule has 2 amide bonds. The van der Waals surface area contributed by atoms with Gasteiger partial charge in [0, 0.05) is 11.6 Å². The number of alkyl halides is 1. The molecule has 7 nitrogen and oxygen atoms in total. The van der Waals surface area contributed by atoms with Crippen LogP contribution >= 0.6 is 35.6 Å². The van der Waals surface area contributed by atoms with E-state index in [0.717, 1.165) is 5.56 Å². The molecule has 10 heteroatoms. The Kier molecular flexibility index (Phi) is 12.4. The molecule has 0 spiro atoms. The summed E-state index contributed by atoms with van der Waals surface area (Å²) >= 11 is 12.8. The van der Waals surface area contributed by atoms with Gasteiger partial charge in [0.25, 0.3) is 0 Å². The van der Waals surface area contributed by atoms with Crippen molar-refractivity contribution in [1.29, 1.82) is 0 Å². The predicted octanol–water partition coefficient (Wildman–Crippen LogP) is 5.49. The van der Waals surface area contributed by atoms with Crippen molar-refractivity contribution >= 4 is 57.9 Å². The molecule has 1 saturated heterocycles. The van der Waals surface area contributed by atoms with Gasteiger partial charge in [0.05, 0.1) is 12.5 Å². The van der Waals surface area contributed by atoms with Crippen molar-refractivity contribution in [3.05, 3.63) is 48.0 Å². The number of rotatable bonds is 11. The highest BCUT2D eigenvalue weighted by Gasteiger charge is 2.36. The number of hydrogen-bond acceptors (Lipinski definition) is 7. The quantitative estimate of drug-likeness (QED) is 0.163. The van der Waals surface area contributed by atoms with Gasteiger partial charge in [-0.05, 0) is 51.2 Å². The summed E-state index contributed by atoms with van der Waals surface area (Å²) < 4.78 is 11.5. The summed E-state index contributed by atoms with van der Waals surface area (Å²) in [4.78, 5) is 40.4. The largest absolute Gasteiger partial charge is 0.456 e. The number of ether oxygens (including phenoxy) is 2. The van der Waals surface area contributed by atoms with Gasteiger partial charge in [0.2, 0.25) is 5.91 Å². The van der Waals surface area contributed by atoms with E-state index in [4.69, 9.17) is 33.3 Å². The summed E-state index contributed by atoms with van der Waals surface area (Å²) in [6, 6.07) is 8.92. The normalized spacial score (nSPS) is 17.6. The first-order chi connectivity index (χ1) is 17.4. The van der Waals surface area contributed by atoms with Crippen LogP contribution < -0.4 is 5.32 Å². The molecule has 1 aliphatic heterocycles. The number of allylic oxidation sites excluding steroid dienone is 1. The lowest BCUT2D eigenvalue weighted by Crippen LogP contribution is -2.48. The van der Waals surface area contributed by atoms with Crippen molar-refractivity contribution in [2.75, 3.05) is 11.6 Å². The standard InChI is InChI=1S/C27H37ClN2O5S2/c1-18(2)23(29-25(33)35-27(3,4)5)24(32)34-21(13-9-10-14-28)16-22(31)30-20(17-37-26(30)36)15-19-11-7-6-8-12-19/h6-9,11-13,18,20-21,23H,10,14-17H2,1-5H3,(H,29,33)/b13-9+/t20-,21-,23?/m1/s1. The van der Waals surface area contributed by atoms with Gasteiger partial charge < -0.3 is 14.8 Å². The molecule has 1 aromatic carbocycles. The monoisotopic (exact) mass is 568 g/mol. The van der Waals surface area contributed by atoms with Gasteiger partial charge in [-0.2, -0.15) is 0 Å². The summed E-state index contributed by atoms with van der Waals surface area (Å²) in [5.41, 5.74) is 0.408. The molecule has 0 saturated carbocycles. The number of thioether (sulfide) groups is 1. The molecule has 1 aliphatic rings. The minimum absolute atomic E-state index is 0.0756. The summed E-state index contributed by atoms with van der Waals surface area (Å²) in [7, 11) is 0. The lowest BCUT2D eigenvalue weighted by molar-refractivity contribution is -0.152. The fourth-order valence-corrected chi connectivity index (χ4v) is 5.26. The molecule has 0 radical (unpaired) electrons. The number of carbonyl (C=O) groups excluding carboxylic acids is 3. The Labute approximate surface area is 234 Å². The van der Waals surface area contributed by atoms with Crippen LogP contribution in [0.25, 0.3) is 0 Å². The third kappa shape index (κ3) is 10.7. The molecule has 1 heterocycles. The number of halogens is 1. The zero-order valence-corrected chi connectivity index (χ0v) is 24.5. The van der Waals surface area contributed by atoms with Crippen LogP contribution in [0.3, 0.4) is 0 Å². The van der Waals surface area contributed by atoms with E-state index in [-0.39, 0.29) is 24.3 Å². The second-order valence-corrected chi connectivity index (χ2v) is 12.2. The highest BCUT2D eigenvalue weighted by atomic mass is 35.5. The molecule has 3 atom stereocenters. The van der Waals surface area contributed by atoms with Gasteiger partial charge in [0.1, 0.15) is 22.1 Å². The molecule has 2 rings (SSSR count). The van der Waals surface area contributed by atoms with Crippen LogP contribution in [0.2, 0.25) is 0 Å². The maximum absolute atomic E-state index is 13.4. The van der Waals surface area contributed by atoms with E-state index in [2.05, 4.69) is 5.32 Å². The number of thiocarbonyl (C=S) groups is 1.